The number of hydrogen-bond acceptors (Lipinski definition) is 16. The van der Waals surface area contributed by atoms with Gasteiger partial charge in [0.15, 0.2) is 6.10 Å². The molecular formula is C51H56N2O13S. The van der Waals surface area contributed by atoms with E-state index in [2.05, 4.69) is 35.8 Å². The predicted octanol–water partition coefficient (Wildman–Crippen LogP) is 8.02. The van der Waals surface area contributed by atoms with Gasteiger partial charge in [0.25, 0.3) is 0 Å². The third-order valence-corrected chi connectivity index (χ3v) is 10.6. The number of carbonyl (C=O) groups excluding carboxylic acids is 5. The van der Waals surface area contributed by atoms with Gasteiger partial charge < -0.3 is 37.9 Å². The number of thioether (sulfide) groups is 1. The summed E-state index contributed by atoms with van der Waals surface area (Å²) in [6.45, 7) is 12.9. The van der Waals surface area contributed by atoms with Crippen LogP contribution in [0.1, 0.15) is 77.4 Å². The van der Waals surface area contributed by atoms with Crippen LogP contribution in [0.25, 0.3) is 0 Å². The fourth-order valence-electron chi connectivity index (χ4n) is 6.19. The average molecular weight is 937 g/mol. The van der Waals surface area contributed by atoms with Crippen LogP contribution in [0.3, 0.4) is 0 Å². The first kappa shape index (κ1) is 51.1. The molecule has 2 atom stereocenters. The SMILES string of the molecule is C=CC(=O)OCCCCOCC(COc1ccc(C(=O)Oc2ccc(CCOC(=O)c3ccc(OC(C)(C)C)cc3)cc2/C=N/NC2Cc3ccccc3S2)cc1)OC(=O)CCOC(=O)C=C. The zero-order chi connectivity index (χ0) is 48.0. The van der Waals surface area contributed by atoms with Gasteiger partial charge in [-0.05, 0) is 111 Å². The van der Waals surface area contributed by atoms with Gasteiger partial charge >= 0.3 is 29.8 Å². The summed E-state index contributed by atoms with van der Waals surface area (Å²) in [6, 6.07) is 26.5. The minimum atomic E-state index is -0.829. The van der Waals surface area contributed by atoms with Gasteiger partial charge in [0, 0.05) is 42.1 Å². The molecule has 4 aromatic rings. The Labute approximate surface area is 394 Å². The molecule has 0 saturated carbocycles. The standard InChI is InChI=1S/C51H56N2O13S/c1-6-46(54)60-27-11-10-26-59-33-42(64-48(56)25-29-61-47(55)7-2)34-63-40-19-15-37(16-20-40)50(58)65-43-23-14-35(24-28-62-49(57)36-17-21-41(22-18-36)66-51(3,4)5)30-39(43)32-52-53-45-31-38-12-8-9-13-44(38)67-45/h6-9,12-23,30,32,42,45,53H,1-2,10-11,24-29,31,33-34H2,3-5H3/b52-32+. The van der Waals surface area contributed by atoms with Gasteiger partial charge in [0.05, 0.1) is 49.0 Å². The average Bonchev–Trinajstić information content (AvgIpc) is 3.73. The molecule has 0 aliphatic carbocycles. The van der Waals surface area contributed by atoms with E-state index in [9.17, 15) is 24.0 Å². The number of ether oxygens (including phenoxy) is 8. The number of carbonyl (C=O) groups is 5. The first-order valence-corrected chi connectivity index (χ1v) is 22.6. The van der Waals surface area contributed by atoms with Crippen molar-refractivity contribution in [3.8, 4) is 17.2 Å². The molecule has 0 spiro atoms. The number of fused-ring (bicyclic) bond motifs is 1. The molecule has 5 rings (SSSR count). The van der Waals surface area contributed by atoms with Crippen molar-refractivity contribution in [3.63, 3.8) is 0 Å². The highest BCUT2D eigenvalue weighted by Gasteiger charge is 2.22. The Morgan fingerprint density at radius 2 is 1.45 bits per heavy atom. The zero-order valence-electron chi connectivity index (χ0n) is 37.9. The summed E-state index contributed by atoms with van der Waals surface area (Å²) in [5.41, 5.74) is 6.07. The van der Waals surface area contributed by atoms with Crippen molar-refractivity contribution in [2.45, 2.75) is 74.8 Å². The van der Waals surface area contributed by atoms with Crippen LogP contribution in [0.2, 0.25) is 0 Å². The largest absolute Gasteiger partial charge is 0.490 e. The highest BCUT2D eigenvalue weighted by molar-refractivity contribution is 8.00. The molecule has 2 unspecified atom stereocenters. The molecule has 0 amide bonds. The molecular weight excluding hydrogens is 881 g/mol. The van der Waals surface area contributed by atoms with E-state index in [1.165, 1.54) is 10.5 Å². The highest BCUT2D eigenvalue weighted by atomic mass is 32.2. The van der Waals surface area contributed by atoms with Crippen LogP contribution in [0, 0.1) is 0 Å². The van der Waals surface area contributed by atoms with E-state index >= 15 is 0 Å². The Balaban J connectivity index is 1.19. The van der Waals surface area contributed by atoms with E-state index < -0.39 is 36.0 Å². The second kappa shape index (κ2) is 26.3. The van der Waals surface area contributed by atoms with Crippen molar-refractivity contribution in [1.82, 2.24) is 5.43 Å². The Bertz CT molecular complexity index is 2320. The lowest BCUT2D eigenvalue weighted by molar-refractivity contribution is -0.156. The summed E-state index contributed by atoms with van der Waals surface area (Å²) in [5.74, 6) is -1.60. The van der Waals surface area contributed by atoms with E-state index in [1.54, 1.807) is 78.6 Å². The lowest BCUT2D eigenvalue weighted by Crippen LogP contribution is -2.30. The van der Waals surface area contributed by atoms with Crippen molar-refractivity contribution in [1.29, 1.82) is 0 Å². The molecule has 354 valence electrons. The molecule has 0 saturated heterocycles. The van der Waals surface area contributed by atoms with Gasteiger partial charge in [-0.1, -0.05) is 49.2 Å². The van der Waals surface area contributed by atoms with Crippen LogP contribution in [-0.4, -0.2) is 92.8 Å². The van der Waals surface area contributed by atoms with Crippen LogP contribution in [-0.2, 0) is 50.9 Å². The molecule has 1 N–H and O–H groups in total. The van der Waals surface area contributed by atoms with Crippen molar-refractivity contribution in [2.24, 2.45) is 5.10 Å². The summed E-state index contributed by atoms with van der Waals surface area (Å²) in [4.78, 5) is 62.7. The number of rotatable bonds is 26. The summed E-state index contributed by atoms with van der Waals surface area (Å²) in [5, 5.41) is 4.54. The van der Waals surface area contributed by atoms with Crippen molar-refractivity contribution in [2.75, 3.05) is 39.6 Å². The second-order valence-electron chi connectivity index (χ2n) is 15.9. The third-order valence-electron chi connectivity index (χ3n) is 9.42. The van der Waals surface area contributed by atoms with Crippen LogP contribution in [0.4, 0.5) is 0 Å². The summed E-state index contributed by atoms with van der Waals surface area (Å²) >= 11 is 1.69. The molecule has 16 heteroatoms. The molecule has 0 bridgehead atoms. The number of benzene rings is 4. The van der Waals surface area contributed by atoms with Crippen LogP contribution in [0.15, 0.2) is 126 Å². The molecule has 4 aromatic carbocycles. The maximum Gasteiger partial charge on any atom is 0.343 e. The van der Waals surface area contributed by atoms with Crippen molar-refractivity contribution >= 4 is 47.8 Å². The van der Waals surface area contributed by atoms with Gasteiger partial charge in [-0.25, -0.2) is 19.2 Å². The quantitative estimate of drug-likeness (QED) is 0.0121. The molecule has 0 fully saturated rings. The number of esters is 5. The monoisotopic (exact) mass is 936 g/mol. The zero-order valence-corrected chi connectivity index (χ0v) is 38.7. The second-order valence-corrected chi connectivity index (χ2v) is 17.2. The molecule has 1 aliphatic rings. The topological polar surface area (TPSA) is 184 Å². The van der Waals surface area contributed by atoms with Gasteiger partial charge in [-0.2, -0.15) is 5.10 Å². The molecule has 15 nitrogen and oxygen atoms in total. The molecule has 1 aliphatic heterocycles. The van der Waals surface area contributed by atoms with E-state index in [4.69, 9.17) is 37.9 Å². The Morgan fingerprint density at radius 3 is 2.15 bits per heavy atom. The Hall–Kier alpha value is -6.91. The van der Waals surface area contributed by atoms with Gasteiger partial charge in [-0.15, -0.1) is 0 Å². The fraction of sp³-hybridized carbons (Fsp3) is 0.333. The first-order valence-electron chi connectivity index (χ1n) is 21.7. The van der Waals surface area contributed by atoms with E-state index in [-0.39, 0.29) is 61.7 Å². The Kier molecular flexibility index (Phi) is 20.0. The van der Waals surface area contributed by atoms with Crippen LogP contribution < -0.4 is 19.6 Å². The lowest BCUT2D eigenvalue weighted by atomic mass is 10.1. The van der Waals surface area contributed by atoms with Crippen molar-refractivity contribution < 1.29 is 61.9 Å². The number of nitrogens with one attached hydrogen (secondary N) is 1. The van der Waals surface area contributed by atoms with Crippen molar-refractivity contribution in [3.05, 3.63) is 144 Å². The van der Waals surface area contributed by atoms with E-state index in [0.717, 1.165) is 24.1 Å². The van der Waals surface area contributed by atoms with Crippen LogP contribution >= 0.6 is 11.8 Å². The molecule has 0 aromatic heterocycles. The normalized spacial score (nSPS) is 13.4. The highest BCUT2D eigenvalue weighted by Crippen LogP contribution is 2.35. The van der Waals surface area contributed by atoms with Gasteiger partial charge in [-0.3, -0.25) is 10.2 Å². The number of nitrogens with zero attached hydrogens (tertiary/aromatic N) is 1. The Morgan fingerprint density at radius 1 is 0.776 bits per heavy atom. The maximum absolute atomic E-state index is 13.5. The first-order chi connectivity index (χ1) is 32.3. The maximum atomic E-state index is 13.5. The van der Waals surface area contributed by atoms with E-state index in [1.807, 2.05) is 39.0 Å². The smallest absolute Gasteiger partial charge is 0.343 e. The number of hydrogen-bond donors (Lipinski definition) is 1. The summed E-state index contributed by atoms with van der Waals surface area (Å²) < 4.78 is 44.3. The van der Waals surface area contributed by atoms with Gasteiger partial charge in [0.1, 0.15) is 36.1 Å². The summed E-state index contributed by atoms with van der Waals surface area (Å²) in [6.07, 6.45) is 4.98. The number of unbranched alkanes of at least 4 members (excludes halogenated alkanes) is 1. The third kappa shape index (κ3) is 18.1. The number of hydrazone groups is 1. The van der Waals surface area contributed by atoms with Crippen LogP contribution in [0.5, 0.6) is 17.2 Å². The molecule has 67 heavy (non-hydrogen) atoms. The molecule has 0 radical (unpaired) electrons. The lowest BCUT2D eigenvalue weighted by Gasteiger charge is -2.21. The minimum absolute atomic E-state index is 0.00410. The fourth-order valence-corrected chi connectivity index (χ4v) is 7.33. The van der Waals surface area contributed by atoms with E-state index in [0.29, 0.717) is 48.5 Å². The molecule has 1 heterocycles. The summed E-state index contributed by atoms with van der Waals surface area (Å²) in [7, 11) is 0. The predicted molar refractivity (Wildman–Crippen MR) is 252 cm³/mol. The minimum Gasteiger partial charge on any atom is -0.490 e. The van der Waals surface area contributed by atoms with Gasteiger partial charge in [0.2, 0.25) is 0 Å².